The molecule has 2 amide bonds. The Kier molecular flexibility index (Phi) is 5.83. The highest BCUT2D eigenvalue weighted by Gasteiger charge is 2.16. The fraction of sp³-hybridized carbons (Fsp3) is 0.375. The highest BCUT2D eigenvalue weighted by atomic mass is 35.5. The fourth-order valence-electron chi connectivity index (χ4n) is 2.05. The number of pyridine rings is 1. The third-order valence-electron chi connectivity index (χ3n) is 3.29. The van der Waals surface area contributed by atoms with Crippen molar-refractivity contribution in [3.05, 3.63) is 47.1 Å². The van der Waals surface area contributed by atoms with E-state index >= 15 is 0 Å². The van der Waals surface area contributed by atoms with Crippen LogP contribution < -0.4 is 5.32 Å². The van der Waals surface area contributed by atoms with Crippen LogP contribution in [0.2, 0.25) is 5.15 Å². The van der Waals surface area contributed by atoms with Gasteiger partial charge in [0.05, 0.1) is 24.2 Å². The van der Waals surface area contributed by atoms with Gasteiger partial charge in [0, 0.05) is 6.54 Å². The zero-order chi connectivity index (χ0) is 15.9. The second-order valence-corrected chi connectivity index (χ2v) is 5.44. The highest BCUT2D eigenvalue weighted by molar-refractivity contribution is 6.29. The van der Waals surface area contributed by atoms with Crippen LogP contribution in [0.3, 0.4) is 0 Å². The van der Waals surface area contributed by atoms with Crippen LogP contribution in [0.4, 0.5) is 10.5 Å². The van der Waals surface area contributed by atoms with E-state index in [9.17, 15) is 4.79 Å². The fourth-order valence-corrected chi connectivity index (χ4v) is 2.24. The van der Waals surface area contributed by atoms with Crippen molar-refractivity contribution >= 4 is 23.3 Å². The van der Waals surface area contributed by atoms with Crippen molar-refractivity contribution in [3.8, 4) is 0 Å². The summed E-state index contributed by atoms with van der Waals surface area (Å²) in [6, 6.07) is 6.93. The molecule has 22 heavy (non-hydrogen) atoms. The topological polar surface area (TPSA) is 58.4 Å². The van der Waals surface area contributed by atoms with E-state index in [0.29, 0.717) is 29.6 Å². The molecule has 0 radical (unpaired) electrons. The van der Waals surface area contributed by atoms with Crippen LogP contribution in [0.1, 0.15) is 31.2 Å². The van der Waals surface area contributed by atoms with E-state index in [0.717, 1.165) is 18.6 Å². The average molecular weight is 322 g/mol. The summed E-state index contributed by atoms with van der Waals surface area (Å²) in [5.41, 5.74) is 1.35. The van der Waals surface area contributed by atoms with Crippen molar-refractivity contribution in [2.45, 2.75) is 33.2 Å². The number of nitrogens with one attached hydrogen (secondary N) is 1. The Morgan fingerprint density at radius 2 is 2.23 bits per heavy atom. The van der Waals surface area contributed by atoms with Gasteiger partial charge < -0.3 is 14.6 Å². The molecule has 118 valence electrons. The third kappa shape index (κ3) is 4.49. The molecule has 0 spiro atoms. The third-order valence-corrected chi connectivity index (χ3v) is 3.50. The zero-order valence-corrected chi connectivity index (χ0v) is 13.6. The SMILES string of the molecule is CCCCN(Cc1ccco1)C(=O)Nc1ccc(Cl)nc1C. The maximum absolute atomic E-state index is 12.5. The van der Waals surface area contributed by atoms with Crippen LogP contribution in [0, 0.1) is 6.92 Å². The molecular weight excluding hydrogens is 302 g/mol. The number of halogens is 1. The molecule has 0 unspecified atom stereocenters. The summed E-state index contributed by atoms with van der Waals surface area (Å²) in [7, 11) is 0. The van der Waals surface area contributed by atoms with Gasteiger partial charge in [0.15, 0.2) is 0 Å². The molecule has 2 rings (SSSR count). The highest BCUT2D eigenvalue weighted by Crippen LogP contribution is 2.17. The van der Waals surface area contributed by atoms with Gasteiger partial charge in [0.2, 0.25) is 0 Å². The normalized spacial score (nSPS) is 10.5. The first-order valence-corrected chi connectivity index (χ1v) is 7.69. The molecule has 0 fully saturated rings. The van der Waals surface area contributed by atoms with Crippen molar-refractivity contribution < 1.29 is 9.21 Å². The standard InChI is InChI=1S/C16H20ClN3O2/c1-3-4-9-20(11-13-6-5-10-22-13)16(21)19-14-7-8-15(17)18-12(14)2/h5-8,10H,3-4,9,11H2,1-2H3,(H,19,21). The van der Waals surface area contributed by atoms with E-state index in [1.165, 1.54) is 0 Å². The minimum Gasteiger partial charge on any atom is -0.467 e. The van der Waals surface area contributed by atoms with Crippen LogP contribution in [-0.2, 0) is 6.54 Å². The van der Waals surface area contributed by atoms with E-state index in [2.05, 4.69) is 17.2 Å². The van der Waals surface area contributed by atoms with Gasteiger partial charge in [-0.25, -0.2) is 9.78 Å². The number of aryl methyl sites for hydroxylation is 1. The van der Waals surface area contributed by atoms with Gasteiger partial charge in [0.1, 0.15) is 10.9 Å². The maximum atomic E-state index is 12.5. The lowest BCUT2D eigenvalue weighted by Crippen LogP contribution is -2.35. The Bertz CT molecular complexity index is 614. The molecule has 0 atom stereocenters. The first-order valence-electron chi connectivity index (χ1n) is 7.31. The quantitative estimate of drug-likeness (QED) is 0.798. The summed E-state index contributed by atoms with van der Waals surface area (Å²) in [6.45, 7) is 5.02. The number of nitrogens with zero attached hydrogens (tertiary/aromatic N) is 2. The van der Waals surface area contributed by atoms with Gasteiger partial charge in [-0.1, -0.05) is 24.9 Å². The molecule has 2 aromatic rings. The first-order chi connectivity index (χ1) is 10.6. The number of rotatable bonds is 6. The van der Waals surface area contributed by atoms with Gasteiger partial charge in [-0.2, -0.15) is 0 Å². The molecule has 0 aliphatic rings. The van der Waals surface area contributed by atoms with Crippen LogP contribution in [-0.4, -0.2) is 22.5 Å². The molecule has 0 saturated carbocycles. The van der Waals surface area contributed by atoms with E-state index < -0.39 is 0 Å². The number of hydrogen-bond donors (Lipinski definition) is 1. The Labute approximate surface area is 135 Å². The monoisotopic (exact) mass is 321 g/mol. The predicted octanol–water partition coefficient (Wildman–Crippen LogP) is 4.47. The largest absolute Gasteiger partial charge is 0.467 e. The number of unbranched alkanes of at least 4 members (excludes halogenated alkanes) is 1. The lowest BCUT2D eigenvalue weighted by molar-refractivity contribution is 0.203. The number of carbonyl (C=O) groups excluding carboxylic acids is 1. The summed E-state index contributed by atoms with van der Waals surface area (Å²) in [5.74, 6) is 0.761. The van der Waals surface area contributed by atoms with Crippen LogP contribution in [0.15, 0.2) is 34.9 Å². The second-order valence-electron chi connectivity index (χ2n) is 5.05. The number of anilines is 1. The number of aromatic nitrogens is 1. The molecule has 2 aromatic heterocycles. The van der Waals surface area contributed by atoms with Gasteiger partial charge in [-0.05, 0) is 37.6 Å². The van der Waals surface area contributed by atoms with Gasteiger partial charge in [0.25, 0.3) is 0 Å². The maximum Gasteiger partial charge on any atom is 0.322 e. The molecule has 0 aliphatic heterocycles. The number of urea groups is 1. The van der Waals surface area contributed by atoms with E-state index in [4.69, 9.17) is 16.0 Å². The lowest BCUT2D eigenvalue weighted by atomic mass is 10.3. The van der Waals surface area contributed by atoms with Crippen molar-refractivity contribution in [2.75, 3.05) is 11.9 Å². The van der Waals surface area contributed by atoms with E-state index in [1.807, 2.05) is 19.1 Å². The van der Waals surface area contributed by atoms with E-state index in [-0.39, 0.29) is 6.03 Å². The van der Waals surface area contributed by atoms with E-state index in [1.54, 1.807) is 23.3 Å². The lowest BCUT2D eigenvalue weighted by Gasteiger charge is -2.22. The summed E-state index contributed by atoms with van der Waals surface area (Å²) in [6.07, 6.45) is 3.56. The Hall–Kier alpha value is -2.01. The number of carbonyl (C=O) groups is 1. The average Bonchev–Trinajstić information content (AvgIpc) is 2.99. The molecule has 0 aliphatic carbocycles. The number of hydrogen-bond acceptors (Lipinski definition) is 3. The number of amides is 2. The van der Waals surface area contributed by atoms with Crippen LogP contribution in [0.5, 0.6) is 0 Å². The first kappa shape index (κ1) is 16.4. The molecule has 6 heteroatoms. The Morgan fingerprint density at radius 3 is 2.86 bits per heavy atom. The minimum absolute atomic E-state index is 0.169. The smallest absolute Gasteiger partial charge is 0.322 e. The molecule has 2 heterocycles. The van der Waals surface area contributed by atoms with Crippen molar-refractivity contribution in [1.82, 2.24) is 9.88 Å². The predicted molar refractivity (Wildman–Crippen MR) is 87.0 cm³/mol. The second kappa shape index (κ2) is 7.84. The Morgan fingerprint density at radius 1 is 1.41 bits per heavy atom. The van der Waals surface area contributed by atoms with Crippen molar-refractivity contribution in [3.63, 3.8) is 0 Å². The van der Waals surface area contributed by atoms with Crippen LogP contribution >= 0.6 is 11.6 Å². The summed E-state index contributed by atoms with van der Waals surface area (Å²) < 4.78 is 5.33. The van der Waals surface area contributed by atoms with Crippen molar-refractivity contribution in [1.29, 1.82) is 0 Å². The molecular formula is C16H20ClN3O2. The van der Waals surface area contributed by atoms with Gasteiger partial charge in [-0.3, -0.25) is 0 Å². The van der Waals surface area contributed by atoms with Crippen LogP contribution in [0.25, 0.3) is 0 Å². The summed E-state index contributed by atoms with van der Waals surface area (Å²) >= 11 is 5.83. The molecule has 0 bridgehead atoms. The number of furan rings is 1. The summed E-state index contributed by atoms with van der Waals surface area (Å²) in [4.78, 5) is 18.4. The molecule has 0 saturated heterocycles. The minimum atomic E-state index is -0.169. The molecule has 5 nitrogen and oxygen atoms in total. The summed E-state index contributed by atoms with van der Waals surface area (Å²) in [5, 5.41) is 3.29. The molecule has 0 aromatic carbocycles. The van der Waals surface area contributed by atoms with Gasteiger partial charge >= 0.3 is 6.03 Å². The van der Waals surface area contributed by atoms with Crippen molar-refractivity contribution in [2.24, 2.45) is 0 Å². The zero-order valence-electron chi connectivity index (χ0n) is 12.8. The van der Waals surface area contributed by atoms with Gasteiger partial charge in [-0.15, -0.1) is 0 Å². The molecule has 1 N–H and O–H groups in total. The Balaban J connectivity index is 2.07.